The molecule has 2 atom stereocenters. The summed E-state index contributed by atoms with van der Waals surface area (Å²) >= 11 is 0. The van der Waals surface area contributed by atoms with Crippen LogP contribution in [0.2, 0.25) is 0 Å². The van der Waals surface area contributed by atoms with Crippen molar-refractivity contribution in [2.24, 2.45) is 5.92 Å². The maximum absolute atomic E-state index is 5.93. The first-order valence-electron chi connectivity index (χ1n) is 7.35. The minimum absolute atomic E-state index is 0.570. The number of rotatable bonds is 3. The molecule has 0 saturated carbocycles. The lowest BCUT2D eigenvalue weighted by Crippen LogP contribution is -2.43. The maximum Gasteiger partial charge on any atom is 0.126 e. The molecule has 1 saturated heterocycles. The molecule has 1 aromatic rings. The van der Waals surface area contributed by atoms with Gasteiger partial charge in [0.2, 0.25) is 0 Å². The summed E-state index contributed by atoms with van der Waals surface area (Å²) in [6.07, 6.45) is 2.47. The Morgan fingerprint density at radius 1 is 1.42 bits per heavy atom. The van der Waals surface area contributed by atoms with Gasteiger partial charge in [-0.15, -0.1) is 0 Å². The van der Waals surface area contributed by atoms with Crippen molar-refractivity contribution in [3.8, 4) is 11.5 Å². The maximum atomic E-state index is 5.93. The molecule has 2 aliphatic heterocycles. The van der Waals surface area contributed by atoms with E-state index in [1.807, 2.05) is 6.07 Å². The van der Waals surface area contributed by atoms with Gasteiger partial charge in [0.15, 0.2) is 0 Å². The quantitative estimate of drug-likeness (QED) is 0.835. The molecule has 0 N–H and O–H groups in total. The van der Waals surface area contributed by atoms with Crippen LogP contribution in [0.15, 0.2) is 18.2 Å². The molecule has 104 valence electrons. The third kappa shape index (κ3) is 2.32. The van der Waals surface area contributed by atoms with Gasteiger partial charge in [0.1, 0.15) is 11.5 Å². The van der Waals surface area contributed by atoms with Crippen molar-refractivity contribution in [1.82, 2.24) is 4.90 Å². The lowest BCUT2D eigenvalue weighted by atomic mass is 9.79. The highest BCUT2D eigenvalue weighted by Gasteiger charge is 2.37. The number of benzene rings is 1. The Balaban J connectivity index is 1.91. The Kier molecular flexibility index (Phi) is 3.65. The van der Waals surface area contributed by atoms with E-state index in [2.05, 4.69) is 24.0 Å². The molecular formula is C16H23NO2. The van der Waals surface area contributed by atoms with Crippen LogP contribution in [0.3, 0.4) is 0 Å². The van der Waals surface area contributed by atoms with Crippen molar-refractivity contribution in [2.45, 2.75) is 25.7 Å². The highest BCUT2D eigenvalue weighted by Crippen LogP contribution is 2.45. The summed E-state index contributed by atoms with van der Waals surface area (Å²) < 4.78 is 11.5. The molecule has 0 bridgehead atoms. The Hall–Kier alpha value is -1.22. The molecule has 1 aromatic carbocycles. The summed E-state index contributed by atoms with van der Waals surface area (Å²) in [6, 6.07) is 6.15. The Bertz CT molecular complexity index is 432. The Morgan fingerprint density at radius 2 is 2.32 bits per heavy atom. The predicted molar refractivity (Wildman–Crippen MR) is 76.1 cm³/mol. The first kappa shape index (κ1) is 12.8. The van der Waals surface area contributed by atoms with Crippen LogP contribution in [0.1, 0.15) is 31.2 Å². The van der Waals surface area contributed by atoms with Gasteiger partial charge in [-0.3, -0.25) is 0 Å². The highest BCUT2D eigenvalue weighted by atomic mass is 16.5. The summed E-state index contributed by atoms with van der Waals surface area (Å²) in [6.45, 7) is 6.68. The first-order valence-corrected chi connectivity index (χ1v) is 7.35. The second-order valence-corrected chi connectivity index (χ2v) is 5.64. The van der Waals surface area contributed by atoms with E-state index in [0.717, 1.165) is 24.7 Å². The van der Waals surface area contributed by atoms with Gasteiger partial charge in [0, 0.05) is 23.9 Å². The molecule has 0 amide bonds. The van der Waals surface area contributed by atoms with Crippen molar-refractivity contribution in [3.05, 3.63) is 23.8 Å². The molecule has 0 unspecified atom stereocenters. The van der Waals surface area contributed by atoms with Gasteiger partial charge >= 0.3 is 0 Å². The van der Waals surface area contributed by atoms with Crippen LogP contribution >= 0.6 is 0 Å². The lowest BCUT2D eigenvalue weighted by Gasteiger charge is -2.42. The van der Waals surface area contributed by atoms with E-state index in [4.69, 9.17) is 9.47 Å². The predicted octanol–water partition coefficient (Wildman–Crippen LogP) is 2.90. The van der Waals surface area contributed by atoms with Crippen molar-refractivity contribution in [2.75, 3.05) is 33.4 Å². The summed E-state index contributed by atoms with van der Waals surface area (Å²) in [7, 11) is 1.76. The number of fused-ring (bicyclic) bond motifs is 3. The number of ether oxygens (including phenoxy) is 2. The van der Waals surface area contributed by atoms with E-state index in [1.165, 1.54) is 31.5 Å². The van der Waals surface area contributed by atoms with Gasteiger partial charge in [-0.2, -0.15) is 0 Å². The van der Waals surface area contributed by atoms with E-state index in [9.17, 15) is 0 Å². The molecule has 3 nitrogen and oxygen atoms in total. The van der Waals surface area contributed by atoms with Gasteiger partial charge in [0.25, 0.3) is 0 Å². The van der Waals surface area contributed by atoms with E-state index >= 15 is 0 Å². The third-order valence-electron chi connectivity index (χ3n) is 4.45. The molecule has 2 aliphatic rings. The van der Waals surface area contributed by atoms with E-state index in [1.54, 1.807) is 7.11 Å². The normalized spacial score (nSPS) is 26.2. The molecule has 0 aliphatic carbocycles. The summed E-state index contributed by atoms with van der Waals surface area (Å²) in [4.78, 5) is 2.59. The third-order valence-corrected chi connectivity index (χ3v) is 4.45. The van der Waals surface area contributed by atoms with Crippen LogP contribution in [0.25, 0.3) is 0 Å². The molecule has 19 heavy (non-hydrogen) atoms. The fourth-order valence-corrected chi connectivity index (χ4v) is 3.50. The summed E-state index contributed by atoms with van der Waals surface area (Å²) in [5.74, 6) is 3.24. The fraction of sp³-hybridized carbons (Fsp3) is 0.625. The van der Waals surface area contributed by atoms with Crippen molar-refractivity contribution < 1.29 is 9.47 Å². The monoisotopic (exact) mass is 261 g/mol. The average molecular weight is 261 g/mol. The van der Waals surface area contributed by atoms with Gasteiger partial charge < -0.3 is 14.4 Å². The number of nitrogens with zero attached hydrogens (tertiary/aromatic N) is 1. The van der Waals surface area contributed by atoms with Gasteiger partial charge in [-0.1, -0.05) is 13.0 Å². The second kappa shape index (κ2) is 5.41. The number of hydrogen-bond acceptors (Lipinski definition) is 3. The number of methoxy groups -OCH3 is 1. The van der Waals surface area contributed by atoms with Gasteiger partial charge in [-0.05, 0) is 38.1 Å². The van der Waals surface area contributed by atoms with Crippen molar-refractivity contribution >= 4 is 0 Å². The van der Waals surface area contributed by atoms with Crippen LogP contribution in [-0.4, -0.2) is 38.3 Å². The molecular weight excluding hydrogens is 238 g/mol. The van der Waals surface area contributed by atoms with Crippen LogP contribution in [0, 0.1) is 5.92 Å². The molecule has 0 aromatic heterocycles. The Morgan fingerprint density at radius 3 is 3.11 bits per heavy atom. The minimum atomic E-state index is 0.570. The lowest BCUT2D eigenvalue weighted by molar-refractivity contribution is 0.0974. The fourth-order valence-electron chi connectivity index (χ4n) is 3.50. The van der Waals surface area contributed by atoms with Crippen LogP contribution in [-0.2, 0) is 0 Å². The number of likely N-dealkylation sites (tertiary alicyclic amines) is 1. The molecule has 3 rings (SSSR count). The van der Waals surface area contributed by atoms with Crippen LogP contribution in [0.4, 0.5) is 0 Å². The summed E-state index contributed by atoms with van der Waals surface area (Å²) in [5, 5.41) is 0. The zero-order valence-corrected chi connectivity index (χ0v) is 11.9. The topological polar surface area (TPSA) is 21.7 Å². The smallest absolute Gasteiger partial charge is 0.126 e. The first-order chi connectivity index (χ1) is 9.33. The van der Waals surface area contributed by atoms with E-state index in [0.29, 0.717) is 11.8 Å². The highest BCUT2D eigenvalue weighted by molar-refractivity contribution is 5.49. The van der Waals surface area contributed by atoms with Crippen LogP contribution in [0.5, 0.6) is 11.5 Å². The second-order valence-electron chi connectivity index (χ2n) is 5.64. The zero-order valence-electron chi connectivity index (χ0n) is 11.9. The van der Waals surface area contributed by atoms with Crippen molar-refractivity contribution in [1.29, 1.82) is 0 Å². The molecule has 2 heterocycles. The Labute approximate surface area is 115 Å². The standard InChI is InChI=1S/C16H23NO2/c1-3-8-17-9-7-12-11-19-15-6-4-5-14(18-2)16(15)13(12)10-17/h4-6,12-13H,3,7-11H2,1-2H3/t12-,13-/m0/s1. The molecule has 0 spiro atoms. The number of hydrogen-bond donors (Lipinski definition) is 0. The SMILES string of the molecule is CCCN1CC[C@H]2COc3cccc(OC)c3[C@H]2C1. The zero-order chi connectivity index (χ0) is 13.2. The number of piperidine rings is 1. The molecule has 3 heteroatoms. The molecule has 1 fully saturated rings. The largest absolute Gasteiger partial charge is 0.496 e. The van der Waals surface area contributed by atoms with Gasteiger partial charge in [0.05, 0.1) is 13.7 Å². The van der Waals surface area contributed by atoms with Crippen molar-refractivity contribution in [3.63, 3.8) is 0 Å². The average Bonchev–Trinajstić information content (AvgIpc) is 2.46. The van der Waals surface area contributed by atoms with Crippen LogP contribution < -0.4 is 9.47 Å². The summed E-state index contributed by atoms with van der Waals surface area (Å²) in [5.41, 5.74) is 1.29. The van der Waals surface area contributed by atoms with E-state index in [-0.39, 0.29) is 0 Å². The minimum Gasteiger partial charge on any atom is -0.496 e. The van der Waals surface area contributed by atoms with Gasteiger partial charge in [-0.25, -0.2) is 0 Å². The van der Waals surface area contributed by atoms with E-state index < -0.39 is 0 Å². The molecule has 0 radical (unpaired) electrons.